The highest BCUT2D eigenvalue weighted by Gasteiger charge is 2.34. The number of nitrogens with zero attached hydrogens (tertiary/aromatic N) is 4. The molecule has 35 heavy (non-hydrogen) atoms. The predicted octanol–water partition coefficient (Wildman–Crippen LogP) is 6.34. The lowest BCUT2D eigenvalue weighted by molar-refractivity contribution is -0.113. The second-order valence-corrected chi connectivity index (χ2v) is 11.6. The van der Waals surface area contributed by atoms with Crippen molar-refractivity contribution in [2.45, 2.75) is 58.2 Å². The molecule has 0 spiro atoms. The first kappa shape index (κ1) is 25.2. The lowest BCUT2D eigenvalue weighted by Crippen LogP contribution is -2.28. The van der Waals surface area contributed by atoms with Gasteiger partial charge in [-0.05, 0) is 36.2 Å². The SMILES string of the molecule is C=CCn1c(SCC(=O)Nc2sc3c(c2C#N)CCC(C(C)(C)CC)C3)nnc1-c1ccccc1. The summed E-state index contributed by atoms with van der Waals surface area (Å²) in [6, 6.07) is 12.2. The highest BCUT2D eigenvalue weighted by atomic mass is 32.2. The van der Waals surface area contributed by atoms with E-state index in [9.17, 15) is 10.1 Å². The third kappa shape index (κ3) is 5.36. The molecule has 182 valence electrons. The average molecular weight is 506 g/mol. The van der Waals surface area contributed by atoms with Crippen LogP contribution < -0.4 is 5.32 Å². The highest BCUT2D eigenvalue weighted by molar-refractivity contribution is 7.99. The molecule has 0 saturated heterocycles. The van der Waals surface area contributed by atoms with E-state index in [1.165, 1.54) is 16.6 Å². The van der Waals surface area contributed by atoms with Gasteiger partial charge in [0, 0.05) is 17.0 Å². The van der Waals surface area contributed by atoms with Crippen molar-refractivity contribution in [1.29, 1.82) is 5.26 Å². The zero-order chi connectivity index (χ0) is 25.0. The topological polar surface area (TPSA) is 83.6 Å². The van der Waals surface area contributed by atoms with Crippen molar-refractivity contribution in [2.75, 3.05) is 11.1 Å². The van der Waals surface area contributed by atoms with Gasteiger partial charge in [0.15, 0.2) is 11.0 Å². The normalized spacial score (nSPS) is 15.3. The standard InChI is InChI=1S/C27H31N5OS2/c1-5-14-32-24(18-10-8-7-9-11-18)30-31-26(32)34-17-23(33)29-25-21(16-28)20-13-12-19(15-22(20)35-25)27(3,4)6-2/h5,7-11,19H,1,6,12-15,17H2,2-4H3,(H,29,33). The summed E-state index contributed by atoms with van der Waals surface area (Å²) in [4.78, 5) is 14.1. The molecular formula is C27H31N5OS2. The Labute approximate surface area is 215 Å². The number of anilines is 1. The second-order valence-electron chi connectivity index (χ2n) is 9.51. The molecule has 1 atom stereocenters. The molecule has 8 heteroatoms. The van der Waals surface area contributed by atoms with Gasteiger partial charge >= 0.3 is 0 Å². The van der Waals surface area contributed by atoms with Gasteiger partial charge in [0.05, 0.1) is 11.3 Å². The summed E-state index contributed by atoms with van der Waals surface area (Å²) in [5, 5.41) is 22.8. The van der Waals surface area contributed by atoms with Crippen molar-refractivity contribution < 1.29 is 4.79 Å². The third-order valence-electron chi connectivity index (χ3n) is 7.04. The molecule has 3 aromatic rings. The number of carbonyl (C=O) groups is 1. The molecule has 4 rings (SSSR count). The van der Waals surface area contributed by atoms with Crippen LogP contribution in [-0.4, -0.2) is 26.4 Å². The van der Waals surface area contributed by atoms with Crippen LogP contribution >= 0.6 is 23.1 Å². The summed E-state index contributed by atoms with van der Waals surface area (Å²) in [5.41, 5.74) is 3.00. The van der Waals surface area contributed by atoms with Crippen LogP contribution in [-0.2, 0) is 24.2 Å². The minimum atomic E-state index is -0.148. The molecule has 0 bridgehead atoms. The van der Waals surface area contributed by atoms with E-state index in [0.717, 1.165) is 42.6 Å². The molecule has 0 radical (unpaired) electrons. The van der Waals surface area contributed by atoms with E-state index in [1.54, 1.807) is 17.4 Å². The fraction of sp³-hybridized carbons (Fsp3) is 0.407. The van der Waals surface area contributed by atoms with Crippen molar-refractivity contribution in [3.8, 4) is 17.5 Å². The van der Waals surface area contributed by atoms with Crippen molar-refractivity contribution in [3.05, 3.63) is 59.0 Å². The van der Waals surface area contributed by atoms with Gasteiger partial charge in [0.25, 0.3) is 0 Å². The van der Waals surface area contributed by atoms with Crippen LogP contribution in [0.3, 0.4) is 0 Å². The molecule has 1 N–H and O–H groups in total. The molecule has 1 aliphatic carbocycles. The minimum absolute atomic E-state index is 0.148. The number of hydrogen-bond acceptors (Lipinski definition) is 6. The van der Waals surface area contributed by atoms with Crippen molar-refractivity contribution >= 4 is 34.0 Å². The van der Waals surface area contributed by atoms with E-state index in [2.05, 4.69) is 48.9 Å². The second kappa shape index (κ2) is 10.8. The minimum Gasteiger partial charge on any atom is -0.316 e. The molecule has 0 saturated carbocycles. The fourth-order valence-electron chi connectivity index (χ4n) is 4.53. The number of fused-ring (bicyclic) bond motifs is 1. The maximum Gasteiger partial charge on any atom is 0.235 e. The van der Waals surface area contributed by atoms with Gasteiger partial charge in [-0.15, -0.1) is 28.1 Å². The van der Waals surface area contributed by atoms with Gasteiger partial charge in [-0.2, -0.15) is 5.26 Å². The Bertz CT molecular complexity index is 1250. The summed E-state index contributed by atoms with van der Waals surface area (Å²) >= 11 is 2.91. The van der Waals surface area contributed by atoms with Crippen molar-refractivity contribution in [3.63, 3.8) is 0 Å². The van der Waals surface area contributed by atoms with Gasteiger partial charge in [-0.3, -0.25) is 9.36 Å². The number of thioether (sulfide) groups is 1. The van der Waals surface area contributed by atoms with Crippen LogP contribution in [0, 0.1) is 22.7 Å². The summed E-state index contributed by atoms with van der Waals surface area (Å²) in [5.74, 6) is 1.38. The van der Waals surface area contributed by atoms with Crippen LogP contribution in [0.25, 0.3) is 11.4 Å². The van der Waals surface area contributed by atoms with Gasteiger partial charge in [0.2, 0.25) is 5.91 Å². The molecule has 1 unspecified atom stereocenters. The summed E-state index contributed by atoms with van der Waals surface area (Å²) in [7, 11) is 0. The van der Waals surface area contributed by atoms with Gasteiger partial charge in [0.1, 0.15) is 11.1 Å². The number of nitriles is 1. The lowest BCUT2D eigenvalue weighted by Gasteiger charge is -2.36. The molecule has 6 nitrogen and oxygen atoms in total. The zero-order valence-electron chi connectivity index (χ0n) is 20.5. The summed E-state index contributed by atoms with van der Waals surface area (Å²) in [6.07, 6.45) is 5.90. The van der Waals surface area contributed by atoms with E-state index in [-0.39, 0.29) is 17.1 Å². The molecule has 2 heterocycles. The Morgan fingerprint density at radius 3 is 2.83 bits per heavy atom. The summed E-state index contributed by atoms with van der Waals surface area (Å²) in [6.45, 7) is 11.3. The van der Waals surface area contributed by atoms with Crippen LogP contribution in [0.1, 0.15) is 49.6 Å². The van der Waals surface area contributed by atoms with Gasteiger partial charge < -0.3 is 5.32 Å². The third-order valence-corrected chi connectivity index (χ3v) is 9.18. The Morgan fingerprint density at radius 2 is 2.14 bits per heavy atom. The van der Waals surface area contributed by atoms with Gasteiger partial charge in [-0.25, -0.2) is 0 Å². The maximum atomic E-state index is 12.9. The van der Waals surface area contributed by atoms with E-state index in [0.29, 0.717) is 28.2 Å². The molecule has 0 aliphatic heterocycles. The Kier molecular flexibility index (Phi) is 7.78. The summed E-state index contributed by atoms with van der Waals surface area (Å²) < 4.78 is 1.96. The first-order valence-electron chi connectivity index (χ1n) is 11.9. The number of thiophene rings is 1. The molecular weight excluding hydrogens is 474 g/mol. The maximum absolute atomic E-state index is 12.9. The number of rotatable bonds is 9. The monoisotopic (exact) mass is 505 g/mol. The number of nitrogens with one attached hydrogen (secondary N) is 1. The first-order valence-corrected chi connectivity index (χ1v) is 13.7. The highest BCUT2D eigenvalue weighted by Crippen LogP contribution is 2.45. The number of aromatic nitrogens is 3. The zero-order valence-corrected chi connectivity index (χ0v) is 22.1. The van der Waals surface area contributed by atoms with Crippen molar-refractivity contribution in [1.82, 2.24) is 14.8 Å². The smallest absolute Gasteiger partial charge is 0.235 e. The molecule has 1 aromatic carbocycles. The van der Waals surface area contributed by atoms with E-state index >= 15 is 0 Å². The Morgan fingerprint density at radius 1 is 1.37 bits per heavy atom. The molecule has 1 aliphatic rings. The number of benzene rings is 1. The van der Waals surface area contributed by atoms with E-state index in [4.69, 9.17) is 0 Å². The lowest BCUT2D eigenvalue weighted by atomic mass is 9.69. The number of amides is 1. The first-order chi connectivity index (χ1) is 16.9. The fourth-order valence-corrected chi connectivity index (χ4v) is 6.57. The Balaban J connectivity index is 1.46. The molecule has 1 amide bonds. The predicted molar refractivity (Wildman–Crippen MR) is 144 cm³/mol. The van der Waals surface area contributed by atoms with Crippen molar-refractivity contribution in [2.24, 2.45) is 11.3 Å². The van der Waals surface area contributed by atoms with E-state index in [1.807, 2.05) is 34.9 Å². The van der Waals surface area contributed by atoms with Gasteiger partial charge in [-0.1, -0.05) is 75.4 Å². The van der Waals surface area contributed by atoms with E-state index < -0.39 is 0 Å². The molecule has 0 fully saturated rings. The van der Waals surface area contributed by atoms with Crippen LogP contribution in [0.4, 0.5) is 5.00 Å². The number of allylic oxidation sites excluding steroid dienone is 1. The Hall–Kier alpha value is -2.89. The molecule has 2 aromatic heterocycles. The average Bonchev–Trinajstić information content (AvgIpc) is 3.43. The van der Waals surface area contributed by atoms with Crippen LogP contribution in [0.15, 0.2) is 48.1 Å². The quantitative estimate of drug-likeness (QED) is 0.271. The number of hydrogen-bond donors (Lipinski definition) is 1. The largest absolute Gasteiger partial charge is 0.316 e. The number of carbonyl (C=O) groups excluding carboxylic acids is 1. The van der Waals surface area contributed by atoms with Crippen LogP contribution in [0.5, 0.6) is 0 Å². The van der Waals surface area contributed by atoms with Crippen LogP contribution in [0.2, 0.25) is 0 Å².